The molecule has 0 unspecified atom stereocenters. The van der Waals surface area contributed by atoms with Crippen molar-refractivity contribution in [3.05, 3.63) is 108 Å². The van der Waals surface area contributed by atoms with Crippen LogP contribution in [-0.4, -0.2) is 6.61 Å². The minimum atomic E-state index is -4.30. The van der Waals surface area contributed by atoms with Crippen molar-refractivity contribution in [2.24, 2.45) is 0 Å². The number of hydrogen-bond donors (Lipinski definition) is 0. The van der Waals surface area contributed by atoms with Gasteiger partial charge in [-0.1, -0.05) is 0 Å². The molecule has 0 spiro atoms. The van der Waals surface area contributed by atoms with Gasteiger partial charge in [0.15, 0.2) is 0 Å². The van der Waals surface area contributed by atoms with Gasteiger partial charge in [-0.25, -0.2) is 0 Å². The number of hydrogen-bond acceptors (Lipinski definition) is 4. The number of unbranched alkanes of at least 4 members (excludes halogenated alkanes) is 1. The molecule has 0 amide bonds. The van der Waals surface area contributed by atoms with Crippen LogP contribution in [0.5, 0.6) is 0 Å². The molecule has 3 aromatic carbocycles. The summed E-state index contributed by atoms with van der Waals surface area (Å²) in [7, 11) is 0. The van der Waals surface area contributed by atoms with Gasteiger partial charge in [-0.05, 0) is 0 Å². The molecule has 0 aromatic heterocycles. The average Bonchev–Trinajstić information content (AvgIpc) is 2.82. The van der Waals surface area contributed by atoms with Crippen molar-refractivity contribution in [2.45, 2.75) is 39.6 Å². The van der Waals surface area contributed by atoms with Crippen LogP contribution >= 0.6 is 0 Å². The zero-order valence-corrected chi connectivity index (χ0v) is 20.0. The summed E-state index contributed by atoms with van der Waals surface area (Å²) in [6.07, 6.45) is 1.98. The van der Waals surface area contributed by atoms with Gasteiger partial charge < -0.3 is 0 Å². The third-order valence-electron chi connectivity index (χ3n) is 4.55. The van der Waals surface area contributed by atoms with E-state index in [4.69, 9.17) is 11.3 Å². The van der Waals surface area contributed by atoms with Gasteiger partial charge >= 0.3 is 187 Å². The van der Waals surface area contributed by atoms with Crippen LogP contribution in [0.3, 0.4) is 0 Å². The van der Waals surface area contributed by atoms with Crippen LogP contribution in [-0.2, 0) is 53.1 Å². The second-order valence-electron chi connectivity index (χ2n) is 7.02. The molecule has 0 radical (unpaired) electrons. The van der Waals surface area contributed by atoms with Crippen molar-refractivity contribution in [3.8, 4) is 0 Å². The Bertz CT molecular complexity index is 721. The molecule has 0 saturated carbocycles. The van der Waals surface area contributed by atoms with E-state index in [1.807, 2.05) is 91.0 Å². The van der Waals surface area contributed by atoms with Crippen molar-refractivity contribution in [1.82, 2.24) is 0 Å². The predicted octanol–water partition coefficient (Wildman–Crippen LogP) is 6.27. The summed E-state index contributed by atoms with van der Waals surface area (Å²) in [4.78, 5) is 0. The van der Waals surface area contributed by atoms with Crippen molar-refractivity contribution < 1.29 is 33.3 Å². The van der Waals surface area contributed by atoms with Gasteiger partial charge in [0, 0.05) is 0 Å². The Labute approximate surface area is 186 Å². The Hall–Kier alpha value is -1.62. The van der Waals surface area contributed by atoms with Crippen molar-refractivity contribution >= 4 is 0 Å². The first-order chi connectivity index (χ1) is 14.8. The standard InChI is InChI=1S/3C7H7O.C4H9O.Zr/c3*8-6-7-4-2-1-3-5-7;1-2-3-4-5;/h3*1-5H,6H2;2-4H2,1H3;/q4*-1;+4. The Balaban J connectivity index is 1.76. The number of benzene rings is 3. The molecular formula is C25H30O4Zr. The molecule has 0 heterocycles. The van der Waals surface area contributed by atoms with Crippen LogP contribution in [0, 0.1) is 0 Å². The van der Waals surface area contributed by atoms with E-state index in [0.29, 0.717) is 26.4 Å². The minimum absolute atomic E-state index is 0.409. The van der Waals surface area contributed by atoms with Gasteiger partial charge in [-0.2, -0.15) is 0 Å². The molecule has 3 rings (SSSR count). The molecule has 30 heavy (non-hydrogen) atoms. The third-order valence-corrected chi connectivity index (χ3v) is 9.59. The second kappa shape index (κ2) is 12.9. The monoisotopic (exact) mass is 484 g/mol. The van der Waals surface area contributed by atoms with E-state index in [9.17, 15) is 0 Å². The first kappa shape index (κ1) is 23.1. The van der Waals surface area contributed by atoms with E-state index in [1.165, 1.54) is 0 Å². The molecule has 0 aliphatic rings. The molecule has 5 heteroatoms. The fraction of sp³-hybridized carbons (Fsp3) is 0.280. The maximum absolute atomic E-state index is 6.35. The Morgan fingerprint density at radius 3 is 1.23 bits per heavy atom. The SMILES string of the molecule is CCCC[O][Zr]([O]Cc1ccccc1)([O]Cc1ccccc1)[O]Cc1ccccc1. The van der Waals surface area contributed by atoms with Crippen LogP contribution < -0.4 is 0 Å². The van der Waals surface area contributed by atoms with Gasteiger partial charge in [0.1, 0.15) is 0 Å². The summed E-state index contributed by atoms with van der Waals surface area (Å²) >= 11 is -4.30. The van der Waals surface area contributed by atoms with E-state index in [-0.39, 0.29) is 0 Å². The molecule has 0 aliphatic heterocycles. The third kappa shape index (κ3) is 7.90. The first-order valence-corrected chi connectivity index (χ1v) is 14.5. The zero-order chi connectivity index (χ0) is 20.9. The summed E-state index contributed by atoms with van der Waals surface area (Å²) in [6.45, 7) is 3.94. The summed E-state index contributed by atoms with van der Waals surface area (Å²) in [5.41, 5.74) is 3.22. The topological polar surface area (TPSA) is 36.9 Å². The second-order valence-corrected chi connectivity index (χ2v) is 12.3. The van der Waals surface area contributed by atoms with Gasteiger partial charge in [-0.3, -0.25) is 0 Å². The van der Waals surface area contributed by atoms with Gasteiger partial charge in [0.2, 0.25) is 0 Å². The summed E-state index contributed by atoms with van der Waals surface area (Å²) in [5, 5.41) is 0. The average molecular weight is 486 g/mol. The quantitative estimate of drug-likeness (QED) is 0.268. The molecule has 0 fully saturated rings. The van der Waals surface area contributed by atoms with Crippen LogP contribution in [0.4, 0.5) is 0 Å². The molecule has 158 valence electrons. The van der Waals surface area contributed by atoms with Gasteiger partial charge in [-0.15, -0.1) is 0 Å². The molecule has 0 N–H and O–H groups in total. The molecular weight excluding hydrogens is 455 g/mol. The van der Waals surface area contributed by atoms with Gasteiger partial charge in [0.25, 0.3) is 0 Å². The van der Waals surface area contributed by atoms with E-state index < -0.39 is 22.0 Å². The van der Waals surface area contributed by atoms with Crippen LogP contribution in [0.1, 0.15) is 36.5 Å². The van der Waals surface area contributed by atoms with E-state index in [0.717, 1.165) is 29.5 Å². The predicted molar refractivity (Wildman–Crippen MR) is 115 cm³/mol. The summed E-state index contributed by atoms with van der Waals surface area (Å²) in [5.74, 6) is 0. The van der Waals surface area contributed by atoms with E-state index >= 15 is 0 Å². The number of rotatable bonds is 13. The van der Waals surface area contributed by atoms with Crippen LogP contribution in [0.25, 0.3) is 0 Å². The van der Waals surface area contributed by atoms with Crippen molar-refractivity contribution in [2.75, 3.05) is 6.61 Å². The fourth-order valence-corrected chi connectivity index (χ4v) is 7.56. The molecule has 4 nitrogen and oxygen atoms in total. The molecule has 0 bridgehead atoms. The summed E-state index contributed by atoms with van der Waals surface area (Å²) < 4.78 is 25.3. The van der Waals surface area contributed by atoms with E-state index in [1.54, 1.807) is 0 Å². The first-order valence-electron chi connectivity index (χ1n) is 10.5. The Morgan fingerprint density at radius 1 is 0.533 bits per heavy atom. The molecule has 0 atom stereocenters. The Kier molecular flexibility index (Phi) is 9.94. The van der Waals surface area contributed by atoms with Crippen molar-refractivity contribution in [1.29, 1.82) is 0 Å². The molecule has 3 aromatic rings. The molecule has 0 aliphatic carbocycles. The molecule has 0 saturated heterocycles. The Morgan fingerprint density at radius 2 is 0.900 bits per heavy atom. The summed E-state index contributed by atoms with van der Waals surface area (Å²) in [6, 6.07) is 30.2. The maximum atomic E-state index is 6.35. The van der Waals surface area contributed by atoms with Crippen LogP contribution in [0.15, 0.2) is 91.0 Å². The van der Waals surface area contributed by atoms with E-state index in [2.05, 4.69) is 6.92 Å². The fourth-order valence-electron chi connectivity index (χ4n) is 2.83. The zero-order valence-electron chi connectivity index (χ0n) is 17.5. The van der Waals surface area contributed by atoms with Crippen LogP contribution in [0.2, 0.25) is 0 Å². The normalized spacial score (nSPS) is 11.5. The van der Waals surface area contributed by atoms with Gasteiger partial charge in [0.05, 0.1) is 0 Å². The van der Waals surface area contributed by atoms with Crippen molar-refractivity contribution in [3.63, 3.8) is 0 Å².